The Hall–Kier alpha value is -1.08. The van der Waals surface area contributed by atoms with Crippen LogP contribution in [0, 0.1) is 3.57 Å². The lowest BCUT2D eigenvalue weighted by Gasteiger charge is -2.04. The average Bonchev–Trinajstić information content (AvgIpc) is 2.82. The molecule has 1 heterocycles. The van der Waals surface area contributed by atoms with Gasteiger partial charge in [0.25, 0.3) is 0 Å². The summed E-state index contributed by atoms with van der Waals surface area (Å²) >= 11 is 2.18. The summed E-state index contributed by atoms with van der Waals surface area (Å²) in [7, 11) is 1.57. The van der Waals surface area contributed by atoms with E-state index in [0.29, 0.717) is 12.2 Å². The van der Waals surface area contributed by atoms with E-state index < -0.39 is 0 Å². The predicted octanol–water partition coefficient (Wildman–Crippen LogP) is 3.79. The summed E-state index contributed by atoms with van der Waals surface area (Å²) in [5.41, 5.74) is 1.38. The van der Waals surface area contributed by atoms with Gasteiger partial charge in [0.15, 0.2) is 0 Å². The van der Waals surface area contributed by atoms with Crippen LogP contribution in [0.2, 0.25) is 0 Å². The molecule has 5 heteroatoms. The minimum atomic E-state index is -0.333. The number of methoxy groups -OCH3 is 1. The lowest BCUT2D eigenvalue weighted by Crippen LogP contribution is -2.10. The van der Waals surface area contributed by atoms with E-state index in [1.807, 2.05) is 12.1 Å². The Morgan fingerprint density at radius 2 is 2.10 bits per heavy atom. The predicted molar refractivity (Wildman–Crippen MR) is 85.1 cm³/mol. The van der Waals surface area contributed by atoms with Gasteiger partial charge in [-0.05, 0) is 47.2 Å². The molecule has 0 spiro atoms. The molecule has 2 rings (SSSR count). The van der Waals surface area contributed by atoms with Crippen molar-refractivity contribution < 1.29 is 18.7 Å². The fourth-order valence-electron chi connectivity index (χ4n) is 1.95. The molecular weight excluding hydrogens is 371 g/mol. The normalized spacial score (nSPS) is 10.9. The van der Waals surface area contributed by atoms with E-state index in [2.05, 4.69) is 29.5 Å². The minimum absolute atomic E-state index is 0.260. The summed E-state index contributed by atoms with van der Waals surface area (Å²) in [6.07, 6.45) is 1.93. The monoisotopic (exact) mass is 388 g/mol. The summed E-state index contributed by atoms with van der Waals surface area (Å²) in [6, 6.07) is 5.60. The molecule has 108 valence electrons. The Balaban J connectivity index is 2.24. The van der Waals surface area contributed by atoms with Crippen LogP contribution in [-0.2, 0) is 15.9 Å². The standard InChI is InChI=1S/C15H17IO4/c1-3-4-12-8-10-7-11(9-13(16)14(10)20-12)15(17)19-6-5-18-2/h7-9H,3-6H2,1-2H3. The van der Waals surface area contributed by atoms with Crippen LogP contribution in [0.25, 0.3) is 11.0 Å². The summed E-state index contributed by atoms with van der Waals surface area (Å²) in [5.74, 6) is 0.616. The zero-order valence-corrected chi connectivity index (χ0v) is 13.7. The molecule has 4 nitrogen and oxygen atoms in total. The van der Waals surface area contributed by atoms with Gasteiger partial charge in [-0.3, -0.25) is 0 Å². The van der Waals surface area contributed by atoms with Crippen LogP contribution < -0.4 is 0 Å². The molecule has 0 N–H and O–H groups in total. The zero-order chi connectivity index (χ0) is 14.5. The van der Waals surface area contributed by atoms with Crippen molar-refractivity contribution in [3.8, 4) is 0 Å². The highest BCUT2D eigenvalue weighted by Crippen LogP contribution is 2.27. The molecule has 0 aliphatic carbocycles. The maximum Gasteiger partial charge on any atom is 0.338 e. The second-order valence-electron chi connectivity index (χ2n) is 4.47. The van der Waals surface area contributed by atoms with E-state index in [-0.39, 0.29) is 12.6 Å². The molecule has 2 aromatic rings. The smallest absolute Gasteiger partial charge is 0.338 e. The number of esters is 1. The molecule has 1 aromatic carbocycles. The zero-order valence-electron chi connectivity index (χ0n) is 11.6. The van der Waals surface area contributed by atoms with Crippen molar-refractivity contribution >= 4 is 39.5 Å². The van der Waals surface area contributed by atoms with Gasteiger partial charge in [0.05, 0.1) is 15.7 Å². The fourth-order valence-corrected chi connectivity index (χ4v) is 2.71. The number of fused-ring (bicyclic) bond motifs is 1. The molecule has 20 heavy (non-hydrogen) atoms. The van der Waals surface area contributed by atoms with E-state index in [4.69, 9.17) is 13.9 Å². The quantitative estimate of drug-likeness (QED) is 0.429. The number of rotatable bonds is 6. The molecule has 0 bridgehead atoms. The number of carbonyl (C=O) groups is 1. The summed E-state index contributed by atoms with van der Waals surface area (Å²) in [4.78, 5) is 11.9. The molecule has 0 unspecified atom stereocenters. The number of hydrogen-bond donors (Lipinski definition) is 0. The third kappa shape index (κ3) is 3.52. The van der Waals surface area contributed by atoms with Crippen molar-refractivity contribution in [2.24, 2.45) is 0 Å². The number of aryl methyl sites for hydroxylation is 1. The van der Waals surface area contributed by atoms with E-state index >= 15 is 0 Å². The highest BCUT2D eigenvalue weighted by Gasteiger charge is 2.13. The molecule has 0 saturated heterocycles. The van der Waals surface area contributed by atoms with E-state index in [0.717, 1.165) is 33.1 Å². The molecule has 0 aliphatic rings. The number of ether oxygens (including phenoxy) is 2. The fraction of sp³-hybridized carbons (Fsp3) is 0.400. The molecule has 0 fully saturated rings. The molecule has 1 aromatic heterocycles. The molecule has 0 saturated carbocycles. The van der Waals surface area contributed by atoms with Gasteiger partial charge in [-0.25, -0.2) is 4.79 Å². The van der Waals surface area contributed by atoms with Crippen LogP contribution in [0.1, 0.15) is 29.5 Å². The van der Waals surface area contributed by atoms with Crippen molar-refractivity contribution in [3.05, 3.63) is 33.1 Å². The van der Waals surface area contributed by atoms with Crippen LogP contribution in [0.15, 0.2) is 22.6 Å². The Morgan fingerprint density at radius 3 is 2.80 bits per heavy atom. The lowest BCUT2D eigenvalue weighted by molar-refractivity contribution is 0.0388. The first-order chi connectivity index (χ1) is 9.65. The first kappa shape index (κ1) is 15.3. The minimum Gasteiger partial charge on any atom is -0.460 e. The maximum atomic E-state index is 11.9. The summed E-state index contributed by atoms with van der Waals surface area (Å²) in [5, 5.41) is 0.944. The van der Waals surface area contributed by atoms with Gasteiger partial charge in [-0.1, -0.05) is 6.92 Å². The second kappa shape index (κ2) is 7.08. The molecule has 0 amide bonds. The number of carbonyl (C=O) groups excluding carboxylic acids is 1. The molecular formula is C15H17IO4. The summed E-state index contributed by atoms with van der Waals surface area (Å²) in [6.45, 7) is 2.77. The number of hydrogen-bond acceptors (Lipinski definition) is 4. The van der Waals surface area contributed by atoms with Gasteiger partial charge in [0, 0.05) is 18.9 Å². The Kier molecular flexibility index (Phi) is 5.42. The van der Waals surface area contributed by atoms with Crippen LogP contribution in [0.3, 0.4) is 0 Å². The van der Waals surface area contributed by atoms with Gasteiger partial charge >= 0.3 is 5.97 Å². The molecule has 0 radical (unpaired) electrons. The van der Waals surface area contributed by atoms with Crippen molar-refractivity contribution in [1.29, 1.82) is 0 Å². The summed E-state index contributed by atoms with van der Waals surface area (Å²) < 4.78 is 16.7. The van der Waals surface area contributed by atoms with Crippen LogP contribution in [0.4, 0.5) is 0 Å². The van der Waals surface area contributed by atoms with Gasteiger partial charge < -0.3 is 13.9 Å². The number of furan rings is 1. The SMILES string of the molecule is CCCc1cc2cc(C(=O)OCCOC)cc(I)c2o1. The van der Waals surface area contributed by atoms with Crippen molar-refractivity contribution in [1.82, 2.24) is 0 Å². The number of halogens is 1. The molecule has 0 aliphatic heterocycles. The van der Waals surface area contributed by atoms with Crippen molar-refractivity contribution in [2.45, 2.75) is 19.8 Å². The Morgan fingerprint density at radius 1 is 1.30 bits per heavy atom. The van der Waals surface area contributed by atoms with Crippen LogP contribution in [0.5, 0.6) is 0 Å². The maximum absolute atomic E-state index is 11.9. The average molecular weight is 388 g/mol. The highest BCUT2D eigenvalue weighted by molar-refractivity contribution is 14.1. The third-order valence-corrected chi connectivity index (χ3v) is 3.68. The largest absolute Gasteiger partial charge is 0.460 e. The second-order valence-corrected chi connectivity index (χ2v) is 5.63. The van der Waals surface area contributed by atoms with E-state index in [1.165, 1.54) is 0 Å². The first-order valence-corrected chi connectivity index (χ1v) is 7.61. The van der Waals surface area contributed by atoms with Crippen LogP contribution >= 0.6 is 22.6 Å². The van der Waals surface area contributed by atoms with E-state index in [9.17, 15) is 4.79 Å². The van der Waals surface area contributed by atoms with Crippen molar-refractivity contribution in [3.63, 3.8) is 0 Å². The highest BCUT2D eigenvalue weighted by atomic mass is 127. The Labute approximate surface area is 131 Å². The van der Waals surface area contributed by atoms with Crippen LogP contribution in [-0.4, -0.2) is 26.3 Å². The lowest BCUT2D eigenvalue weighted by atomic mass is 10.1. The van der Waals surface area contributed by atoms with Gasteiger partial charge in [-0.15, -0.1) is 0 Å². The Bertz CT molecular complexity index is 603. The van der Waals surface area contributed by atoms with Crippen molar-refractivity contribution in [2.75, 3.05) is 20.3 Å². The topological polar surface area (TPSA) is 48.7 Å². The van der Waals surface area contributed by atoms with Gasteiger partial charge in [-0.2, -0.15) is 0 Å². The number of benzene rings is 1. The van der Waals surface area contributed by atoms with E-state index in [1.54, 1.807) is 13.2 Å². The third-order valence-electron chi connectivity index (χ3n) is 2.87. The first-order valence-electron chi connectivity index (χ1n) is 6.53. The van der Waals surface area contributed by atoms with Gasteiger partial charge in [0.1, 0.15) is 18.0 Å². The van der Waals surface area contributed by atoms with Gasteiger partial charge in [0.2, 0.25) is 0 Å². The molecule has 0 atom stereocenters.